The molecule has 0 amide bonds. The van der Waals surface area contributed by atoms with E-state index in [-0.39, 0.29) is 13.5 Å². The first-order valence-corrected chi connectivity index (χ1v) is 7.74. The van der Waals surface area contributed by atoms with Crippen LogP contribution in [0.4, 0.5) is 0 Å². The van der Waals surface area contributed by atoms with Crippen molar-refractivity contribution < 1.29 is 9.76 Å². The van der Waals surface area contributed by atoms with Crippen LogP contribution < -0.4 is 10.9 Å². The molecule has 0 saturated carbocycles. The second-order valence-electron chi connectivity index (χ2n) is 5.21. The van der Waals surface area contributed by atoms with E-state index in [4.69, 9.17) is 9.76 Å². The van der Waals surface area contributed by atoms with Crippen molar-refractivity contribution in [1.29, 1.82) is 0 Å². The van der Waals surface area contributed by atoms with Crippen LogP contribution in [0.2, 0.25) is 0 Å². The van der Waals surface area contributed by atoms with E-state index in [1.807, 2.05) is 12.1 Å². The molecule has 2 nitrogen and oxygen atoms in total. The van der Waals surface area contributed by atoms with Gasteiger partial charge in [-0.25, -0.2) is 0 Å². The maximum absolute atomic E-state index is 8.78. The largest absolute Gasteiger partial charge is 0.427 e. The van der Waals surface area contributed by atoms with Gasteiger partial charge >= 0.3 is 6.92 Å². The molecule has 0 aliphatic heterocycles. The lowest BCUT2D eigenvalue weighted by atomic mass is 9.55. The molecular weight excluding hydrogens is 259 g/mol. The van der Waals surface area contributed by atoms with Crippen molar-refractivity contribution in [3.8, 4) is 0 Å². The van der Waals surface area contributed by atoms with Crippen LogP contribution in [-0.2, 0) is 4.65 Å². The van der Waals surface area contributed by atoms with Gasteiger partial charge in [0.15, 0.2) is 0 Å². The summed E-state index contributed by atoms with van der Waals surface area (Å²) in [5, 5.41) is 8.78. The zero-order valence-corrected chi connectivity index (χ0v) is 12.4. The number of hydrogen-bond acceptors (Lipinski definition) is 2. The summed E-state index contributed by atoms with van der Waals surface area (Å²) in [5.41, 5.74) is 2.39. The van der Waals surface area contributed by atoms with Crippen LogP contribution in [0.1, 0.15) is 25.7 Å². The third-order valence-electron chi connectivity index (χ3n) is 3.54. The molecule has 0 bridgehead atoms. The average molecular weight is 282 g/mol. The molecule has 0 heterocycles. The SMILES string of the molecule is OCCCCCCOB(c1ccccc1)c1ccccc1. The second-order valence-corrected chi connectivity index (χ2v) is 5.21. The van der Waals surface area contributed by atoms with Crippen molar-refractivity contribution in [3.05, 3.63) is 60.7 Å². The highest BCUT2D eigenvalue weighted by molar-refractivity contribution is 6.80. The summed E-state index contributed by atoms with van der Waals surface area (Å²) in [7, 11) is 0. The highest BCUT2D eigenvalue weighted by atomic mass is 16.4. The molecule has 0 fully saturated rings. The van der Waals surface area contributed by atoms with Crippen molar-refractivity contribution in [2.45, 2.75) is 25.7 Å². The number of aliphatic hydroxyl groups is 1. The van der Waals surface area contributed by atoms with Gasteiger partial charge in [0.05, 0.1) is 0 Å². The highest BCUT2D eigenvalue weighted by Gasteiger charge is 2.20. The van der Waals surface area contributed by atoms with E-state index in [0.717, 1.165) is 32.3 Å². The Labute approximate surface area is 127 Å². The lowest BCUT2D eigenvalue weighted by Crippen LogP contribution is -2.45. The van der Waals surface area contributed by atoms with Crippen molar-refractivity contribution >= 4 is 17.8 Å². The number of unbranched alkanes of at least 4 members (excludes halogenated alkanes) is 3. The molecule has 3 heteroatoms. The Morgan fingerprint density at radius 1 is 0.714 bits per heavy atom. The van der Waals surface area contributed by atoms with Gasteiger partial charge in [-0.15, -0.1) is 0 Å². The van der Waals surface area contributed by atoms with Gasteiger partial charge in [-0.05, 0) is 23.8 Å². The van der Waals surface area contributed by atoms with E-state index in [1.165, 1.54) is 10.9 Å². The van der Waals surface area contributed by atoms with Gasteiger partial charge in [-0.3, -0.25) is 0 Å². The minimum atomic E-state index is 0.00485. The smallest absolute Gasteiger partial charge is 0.361 e. The minimum absolute atomic E-state index is 0.00485. The first kappa shape index (κ1) is 15.8. The molecule has 2 aromatic rings. The zero-order chi connectivity index (χ0) is 14.8. The molecule has 0 aliphatic rings. The summed E-state index contributed by atoms with van der Waals surface area (Å²) in [6.45, 7) is 1.04. The lowest BCUT2D eigenvalue weighted by molar-refractivity contribution is 0.275. The van der Waals surface area contributed by atoms with Gasteiger partial charge in [0.2, 0.25) is 0 Å². The molecule has 0 saturated heterocycles. The summed E-state index contributed by atoms with van der Waals surface area (Å²) < 4.78 is 6.13. The number of aliphatic hydroxyl groups excluding tert-OH is 1. The van der Waals surface area contributed by atoms with Crippen molar-refractivity contribution in [2.75, 3.05) is 13.2 Å². The van der Waals surface area contributed by atoms with E-state index in [1.54, 1.807) is 0 Å². The summed E-state index contributed by atoms with van der Waals surface area (Å²) in [6.07, 6.45) is 4.11. The molecule has 2 rings (SSSR count). The summed E-state index contributed by atoms with van der Waals surface area (Å²) in [4.78, 5) is 0. The van der Waals surface area contributed by atoms with Crippen LogP contribution in [0.15, 0.2) is 60.7 Å². The van der Waals surface area contributed by atoms with Crippen LogP contribution in [0.25, 0.3) is 0 Å². The number of hydrogen-bond donors (Lipinski definition) is 1. The molecule has 110 valence electrons. The minimum Gasteiger partial charge on any atom is -0.427 e. The molecule has 2 aromatic carbocycles. The summed E-state index contributed by atoms with van der Waals surface area (Å²) in [5.74, 6) is 0. The molecule has 1 N–H and O–H groups in total. The highest BCUT2D eigenvalue weighted by Crippen LogP contribution is 2.01. The molecule has 0 radical (unpaired) electrons. The van der Waals surface area contributed by atoms with E-state index in [0.29, 0.717) is 0 Å². The Morgan fingerprint density at radius 2 is 1.24 bits per heavy atom. The fourth-order valence-electron chi connectivity index (χ4n) is 2.41. The van der Waals surface area contributed by atoms with Crippen LogP contribution in [0, 0.1) is 0 Å². The van der Waals surface area contributed by atoms with Gasteiger partial charge in [0.25, 0.3) is 0 Å². The fraction of sp³-hybridized carbons (Fsp3) is 0.333. The molecular formula is C18H23BO2. The van der Waals surface area contributed by atoms with Crippen LogP contribution in [0.5, 0.6) is 0 Å². The summed E-state index contributed by atoms with van der Waals surface area (Å²) in [6, 6.07) is 20.7. The summed E-state index contributed by atoms with van der Waals surface area (Å²) >= 11 is 0. The molecule has 21 heavy (non-hydrogen) atoms. The monoisotopic (exact) mass is 282 g/mol. The Bertz CT molecular complexity index is 448. The van der Waals surface area contributed by atoms with Crippen molar-refractivity contribution in [2.24, 2.45) is 0 Å². The van der Waals surface area contributed by atoms with E-state index in [2.05, 4.69) is 48.5 Å². The first-order valence-electron chi connectivity index (χ1n) is 7.74. The predicted molar refractivity (Wildman–Crippen MR) is 89.4 cm³/mol. The zero-order valence-electron chi connectivity index (χ0n) is 12.4. The maximum Gasteiger partial charge on any atom is 0.361 e. The van der Waals surface area contributed by atoms with Crippen LogP contribution in [-0.4, -0.2) is 25.2 Å². The third kappa shape index (κ3) is 5.37. The Morgan fingerprint density at radius 3 is 1.76 bits per heavy atom. The fourth-order valence-corrected chi connectivity index (χ4v) is 2.41. The average Bonchev–Trinajstić information content (AvgIpc) is 2.56. The lowest BCUT2D eigenvalue weighted by Gasteiger charge is -2.15. The maximum atomic E-state index is 8.78. The van der Waals surface area contributed by atoms with Gasteiger partial charge < -0.3 is 9.76 Å². The standard InChI is InChI=1S/C18H23BO2/c20-15-9-1-2-10-16-21-19(17-11-5-3-6-12-17)18-13-7-4-8-14-18/h3-8,11-14,20H,1-2,9-10,15-16H2. The number of rotatable bonds is 9. The predicted octanol–water partition coefficient (Wildman–Crippen LogP) is 2.36. The van der Waals surface area contributed by atoms with Crippen molar-refractivity contribution in [1.82, 2.24) is 0 Å². The Hall–Kier alpha value is -1.58. The van der Waals surface area contributed by atoms with Crippen molar-refractivity contribution in [3.63, 3.8) is 0 Å². The molecule has 0 spiro atoms. The molecule has 0 aromatic heterocycles. The number of benzene rings is 2. The van der Waals surface area contributed by atoms with E-state index >= 15 is 0 Å². The molecule has 0 aliphatic carbocycles. The second kappa shape index (κ2) is 9.38. The first-order chi connectivity index (χ1) is 10.4. The van der Waals surface area contributed by atoms with Crippen LogP contribution in [0.3, 0.4) is 0 Å². The van der Waals surface area contributed by atoms with E-state index in [9.17, 15) is 0 Å². The topological polar surface area (TPSA) is 29.5 Å². The van der Waals surface area contributed by atoms with Crippen LogP contribution >= 0.6 is 0 Å². The quantitative estimate of drug-likeness (QED) is 0.565. The van der Waals surface area contributed by atoms with E-state index < -0.39 is 0 Å². The van der Waals surface area contributed by atoms with Gasteiger partial charge in [-0.2, -0.15) is 0 Å². The van der Waals surface area contributed by atoms with Gasteiger partial charge in [0.1, 0.15) is 0 Å². The normalized spacial score (nSPS) is 10.5. The van der Waals surface area contributed by atoms with Gasteiger partial charge in [0, 0.05) is 13.2 Å². The molecule has 0 atom stereocenters. The Balaban J connectivity index is 1.94. The van der Waals surface area contributed by atoms with Gasteiger partial charge in [-0.1, -0.05) is 73.5 Å². The third-order valence-corrected chi connectivity index (χ3v) is 3.54. The molecule has 0 unspecified atom stereocenters. The Kier molecular flexibility index (Phi) is 7.06.